The van der Waals surface area contributed by atoms with Crippen LogP contribution in [0.3, 0.4) is 0 Å². The highest BCUT2D eigenvalue weighted by Gasteiger charge is 2.20. The monoisotopic (exact) mass is 374 g/mol. The SMILES string of the molecule is CCN(C)Cc1ccc(CCCC2=C(C(C)C)CC(c3ccccc3)=N2)cc1. The summed E-state index contributed by atoms with van der Waals surface area (Å²) in [5.41, 5.74) is 8.18. The van der Waals surface area contributed by atoms with Gasteiger partial charge in [-0.3, -0.25) is 4.99 Å². The predicted octanol–water partition coefficient (Wildman–Crippen LogP) is 6.26. The second-order valence-corrected chi connectivity index (χ2v) is 8.23. The van der Waals surface area contributed by atoms with Gasteiger partial charge in [-0.25, -0.2) is 0 Å². The smallest absolute Gasteiger partial charge is 0.0520 e. The summed E-state index contributed by atoms with van der Waals surface area (Å²) in [6.07, 6.45) is 4.36. The third-order valence-electron chi connectivity index (χ3n) is 5.70. The van der Waals surface area contributed by atoms with Crippen LogP contribution in [0, 0.1) is 5.92 Å². The standard InChI is InChI=1S/C26H34N2/c1-5-28(4)19-22-16-14-21(15-17-22)10-9-13-25-24(20(2)3)18-26(27-25)23-11-7-6-8-12-23/h6-8,11-12,14-17,20H,5,9-10,13,18-19H2,1-4H3. The van der Waals surface area contributed by atoms with Crippen molar-refractivity contribution in [1.82, 2.24) is 4.90 Å². The van der Waals surface area contributed by atoms with Gasteiger partial charge in [0.25, 0.3) is 0 Å². The normalized spacial score (nSPS) is 14.3. The predicted molar refractivity (Wildman–Crippen MR) is 121 cm³/mol. The van der Waals surface area contributed by atoms with Gasteiger partial charge in [-0.05, 0) is 61.0 Å². The Balaban J connectivity index is 1.59. The first kappa shape index (κ1) is 20.5. The molecule has 0 saturated carbocycles. The number of allylic oxidation sites excluding steroid dienone is 2. The van der Waals surface area contributed by atoms with Crippen LogP contribution in [-0.4, -0.2) is 24.2 Å². The van der Waals surface area contributed by atoms with Crippen LogP contribution >= 0.6 is 0 Å². The molecule has 0 aromatic heterocycles. The molecular weight excluding hydrogens is 340 g/mol. The maximum Gasteiger partial charge on any atom is 0.0520 e. The summed E-state index contributed by atoms with van der Waals surface area (Å²) < 4.78 is 0. The lowest BCUT2D eigenvalue weighted by atomic mass is 9.94. The third kappa shape index (κ3) is 5.42. The third-order valence-corrected chi connectivity index (χ3v) is 5.70. The van der Waals surface area contributed by atoms with Gasteiger partial charge in [-0.2, -0.15) is 0 Å². The average molecular weight is 375 g/mol. The lowest BCUT2D eigenvalue weighted by Crippen LogP contribution is -2.16. The zero-order valence-corrected chi connectivity index (χ0v) is 17.9. The van der Waals surface area contributed by atoms with E-state index >= 15 is 0 Å². The molecule has 148 valence electrons. The Labute approximate surface area is 171 Å². The second kappa shape index (κ2) is 9.84. The van der Waals surface area contributed by atoms with Crippen molar-refractivity contribution < 1.29 is 0 Å². The van der Waals surface area contributed by atoms with Crippen LogP contribution in [0.4, 0.5) is 0 Å². The summed E-state index contributed by atoms with van der Waals surface area (Å²) >= 11 is 0. The van der Waals surface area contributed by atoms with E-state index in [-0.39, 0.29) is 0 Å². The van der Waals surface area contributed by atoms with E-state index in [0.29, 0.717) is 5.92 Å². The van der Waals surface area contributed by atoms with Crippen LogP contribution in [-0.2, 0) is 13.0 Å². The highest BCUT2D eigenvalue weighted by Crippen LogP contribution is 2.31. The largest absolute Gasteiger partial charge is 0.302 e. The molecule has 0 aliphatic carbocycles. The van der Waals surface area contributed by atoms with E-state index in [1.807, 2.05) is 0 Å². The van der Waals surface area contributed by atoms with Crippen molar-refractivity contribution in [3.63, 3.8) is 0 Å². The van der Waals surface area contributed by atoms with Crippen LogP contribution in [0.1, 0.15) is 56.7 Å². The molecule has 0 unspecified atom stereocenters. The Bertz CT molecular complexity index is 813. The number of nitrogens with zero attached hydrogens (tertiary/aromatic N) is 2. The summed E-state index contributed by atoms with van der Waals surface area (Å²) in [6.45, 7) is 8.90. The first-order valence-electron chi connectivity index (χ1n) is 10.7. The number of aryl methyl sites for hydroxylation is 1. The fourth-order valence-corrected chi connectivity index (χ4v) is 3.80. The van der Waals surface area contributed by atoms with Crippen LogP contribution in [0.25, 0.3) is 0 Å². The Morgan fingerprint density at radius 1 is 0.929 bits per heavy atom. The summed E-state index contributed by atoms with van der Waals surface area (Å²) in [6, 6.07) is 19.8. The molecule has 0 saturated heterocycles. The van der Waals surface area contributed by atoms with Gasteiger partial charge in [-0.1, -0.05) is 75.4 Å². The highest BCUT2D eigenvalue weighted by molar-refractivity contribution is 6.04. The number of hydrogen-bond donors (Lipinski definition) is 0. The van der Waals surface area contributed by atoms with Gasteiger partial charge < -0.3 is 4.90 Å². The van der Waals surface area contributed by atoms with E-state index in [1.54, 1.807) is 0 Å². The van der Waals surface area contributed by atoms with E-state index in [0.717, 1.165) is 38.8 Å². The lowest BCUT2D eigenvalue weighted by Gasteiger charge is -2.14. The van der Waals surface area contributed by atoms with Gasteiger partial charge in [0.15, 0.2) is 0 Å². The second-order valence-electron chi connectivity index (χ2n) is 8.23. The quantitative estimate of drug-likeness (QED) is 0.505. The molecule has 1 aliphatic heterocycles. The van der Waals surface area contributed by atoms with E-state index in [9.17, 15) is 0 Å². The van der Waals surface area contributed by atoms with Crippen molar-refractivity contribution in [3.8, 4) is 0 Å². The van der Waals surface area contributed by atoms with Gasteiger partial charge in [-0.15, -0.1) is 0 Å². The number of aliphatic imine (C=N–C) groups is 1. The minimum atomic E-state index is 0.565. The first-order chi connectivity index (χ1) is 13.6. The molecule has 0 atom stereocenters. The first-order valence-corrected chi connectivity index (χ1v) is 10.7. The molecule has 0 amide bonds. The molecule has 2 heteroatoms. The molecule has 2 aromatic carbocycles. The highest BCUT2D eigenvalue weighted by atomic mass is 15.1. The van der Waals surface area contributed by atoms with Gasteiger partial charge in [0, 0.05) is 18.7 Å². The maximum atomic E-state index is 5.04. The van der Waals surface area contributed by atoms with Gasteiger partial charge in [0.05, 0.1) is 5.71 Å². The molecule has 0 radical (unpaired) electrons. The lowest BCUT2D eigenvalue weighted by molar-refractivity contribution is 0.346. The Morgan fingerprint density at radius 3 is 2.25 bits per heavy atom. The topological polar surface area (TPSA) is 15.6 Å². The Morgan fingerprint density at radius 2 is 1.61 bits per heavy atom. The maximum absolute atomic E-state index is 5.04. The summed E-state index contributed by atoms with van der Waals surface area (Å²) in [5, 5.41) is 0. The molecule has 1 heterocycles. The van der Waals surface area contributed by atoms with Crippen molar-refractivity contribution in [2.75, 3.05) is 13.6 Å². The Kier molecular flexibility index (Phi) is 7.22. The average Bonchev–Trinajstić information content (AvgIpc) is 3.14. The molecular formula is C26H34N2. The van der Waals surface area contributed by atoms with Crippen molar-refractivity contribution in [1.29, 1.82) is 0 Å². The molecule has 0 fully saturated rings. The van der Waals surface area contributed by atoms with Crippen molar-refractivity contribution in [3.05, 3.63) is 82.6 Å². The molecule has 2 aromatic rings. The molecule has 0 N–H and O–H groups in total. The summed E-state index contributed by atoms with van der Waals surface area (Å²) in [4.78, 5) is 7.37. The number of rotatable bonds is 9. The van der Waals surface area contributed by atoms with Crippen molar-refractivity contribution >= 4 is 5.71 Å². The summed E-state index contributed by atoms with van der Waals surface area (Å²) in [7, 11) is 2.17. The van der Waals surface area contributed by atoms with E-state index in [2.05, 4.69) is 87.3 Å². The fraction of sp³-hybridized carbons (Fsp3) is 0.423. The van der Waals surface area contributed by atoms with Crippen LogP contribution < -0.4 is 0 Å². The summed E-state index contributed by atoms with van der Waals surface area (Å²) in [5.74, 6) is 0.565. The van der Waals surface area contributed by atoms with Crippen LogP contribution in [0.2, 0.25) is 0 Å². The molecule has 0 bridgehead atoms. The van der Waals surface area contributed by atoms with E-state index < -0.39 is 0 Å². The molecule has 3 rings (SSSR count). The zero-order chi connectivity index (χ0) is 19.9. The Hall–Kier alpha value is -2.19. The molecule has 2 nitrogen and oxygen atoms in total. The van der Waals surface area contributed by atoms with E-state index in [4.69, 9.17) is 4.99 Å². The van der Waals surface area contributed by atoms with Crippen molar-refractivity contribution in [2.45, 2.75) is 53.0 Å². The fourth-order valence-electron chi connectivity index (χ4n) is 3.80. The van der Waals surface area contributed by atoms with Gasteiger partial charge in [0.2, 0.25) is 0 Å². The zero-order valence-electron chi connectivity index (χ0n) is 17.9. The van der Waals surface area contributed by atoms with Crippen LogP contribution in [0.5, 0.6) is 0 Å². The van der Waals surface area contributed by atoms with Gasteiger partial charge >= 0.3 is 0 Å². The van der Waals surface area contributed by atoms with E-state index in [1.165, 1.54) is 33.7 Å². The van der Waals surface area contributed by atoms with Crippen molar-refractivity contribution in [2.24, 2.45) is 10.9 Å². The molecule has 0 spiro atoms. The number of hydrogen-bond acceptors (Lipinski definition) is 2. The minimum absolute atomic E-state index is 0.565. The van der Waals surface area contributed by atoms with Gasteiger partial charge in [0.1, 0.15) is 0 Å². The van der Waals surface area contributed by atoms with Crippen LogP contribution in [0.15, 0.2) is 70.9 Å². The number of benzene rings is 2. The molecule has 1 aliphatic rings. The molecule has 28 heavy (non-hydrogen) atoms. The minimum Gasteiger partial charge on any atom is -0.302 e.